The standard InChI is InChI=1S/C33H34FN3O4S/c34-28-10-6-25(7-11-28)20-36(21-26-8-12-29(13-9-26)39-23-27-4-2-1-3-5-27)22-31-35-30(24-42-31)32(38)37-16-14-33(15-17-37)40-18-19-41-33/h1-13,24H,14-23H2. The zero-order valence-corrected chi connectivity index (χ0v) is 24.2. The number of likely N-dealkylation sites (tertiary alicyclic amines) is 1. The smallest absolute Gasteiger partial charge is 0.273 e. The van der Waals surface area contributed by atoms with Crippen molar-refractivity contribution >= 4 is 17.2 Å². The van der Waals surface area contributed by atoms with Crippen molar-refractivity contribution in [2.45, 2.75) is 44.9 Å². The third kappa shape index (κ3) is 7.22. The van der Waals surface area contributed by atoms with E-state index in [4.69, 9.17) is 19.2 Å². The van der Waals surface area contributed by atoms with E-state index < -0.39 is 5.79 Å². The molecule has 0 atom stereocenters. The Balaban J connectivity index is 1.10. The van der Waals surface area contributed by atoms with E-state index in [2.05, 4.69) is 17.0 Å². The number of halogens is 1. The highest BCUT2D eigenvalue weighted by Crippen LogP contribution is 2.32. The van der Waals surface area contributed by atoms with Gasteiger partial charge in [0.05, 0.1) is 19.8 Å². The lowest BCUT2D eigenvalue weighted by Gasteiger charge is -2.37. The van der Waals surface area contributed by atoms with E-state index >= 15 is 0 Å². The van der Waals surface area contributed by atoms with Crippen molar-refractivity contribution in [3.8, 4) is 5.75 Å². The Bertz CT molecular complexity index is 1450. The summed E-state index contributed by atoms with van der Waals surface area (Å²) >= 11 is 1.49. The maximum absolute atomic E-state index is 13.6. The number of benzene rings is 3. The van der Waals surface area contributed by atoms with Crippen molar-refractivity contribution < 1.29 is 23.4 Å². The Morgan fingerprint density at radius 2 is 1.52 bits per heavy atom. The summed E-state index contributed by atoms with van der Waals surface area (Å²) in [5.41, 5.74) is 3.72. The van der Waals surface area contributed by atoms with Crippen LogP contribution in [0.3, 0.4) is 0 Å². The summed E-state index contributed by atoms with van der Waals surface area (Å²) < 4.78 is 31.1. The highest BCUT2D eigenvalue weighted by molar-refractivity contribution is 7.09. The van der Waals surface area contributed by atoms with Crippen LogP contribution < -0.4 is 4.74 Å². The zero-order valence-electron chi connectivity index (χ0n) is 23.4. The Hall–Kier alpha value is -3.63. The topological polar surface area (TPSA) is 64.1 Å². The summed E-state index contributed by atoms with van der Waals surface area (Å²) in [4.78, 5) is 22.0. The van der Waals surface area contributed by atoms with Gasteiger partial charge in [-0.15, -0.1) is 11.3 Å². The van der Waals surface area contributed by atoms with Crippen molar-refractivity contribution in [1.82, 2.24) is 14.8 Å². The van der Waals surface area contributed by atoms with Crippen LogP contribution in [0.1, 0.15) is 45.0 Å². The first kappa shape index (κ1) is 28.5. The van der Waals surface area contributed by atoms with Gasteiger partial charge in [0, 0.05) is 44.4 Å². The molecule has 0 radical (unpaired) electrons. The van der Waals surface area contributed by atoms with Gasteiger partial charge in [-0.05, 0) is 41.0 Å². The molecule has 3 heterocycles. The van der Waals surface area contributed by atoms with Gasteiger partial charge in [-0.2, -0.15) is 0 Å². The van der Waals surface area contributed by atoms with Gasteiger partial charge in [-0.25, -0.2) is 9.37 Å². The van der Waals surface area contributed by atoms with Crippen LogP contribution in [0.5, 0.6) is 5.75 Å². The number of carbonyl (C=O) groups excluding carboxylic acids is 1. The number of hydrogen-bond donors (Lipinski definition) is 0. The zero-order chi connectivity index (χ0) is 28.8. The van der Waals surface area contributed by atoms with Crippen LogP contribution in [0.4, 0.5) is 4.39 Å². The molecular formula is C33H34FN3O4S. The minimum atomic E-state index is -0.517. The Labute approximate surface area is 249 Å². The molecule has 7 nitrogen and oxygen atoms in total. The SMILES string of the molecule is O=C(c1csc(CN(Cc2ccc(F)cc2)Cc2ccc(OCc3ccccc3)cc2)n1)N1CCC2(CC1)OCCO2. The third-order valence-corrected chi connectivity index (χ3v) is 8.49. The molecule has 218 valence electrons. The molecule has 2 aliphatic rings. The number of ether oxygens (including phenoxy) is 3. The van der Waals surface area contributed by atoms with Gasteiger partial charge in [-0.1, -0.05) is 54.6 Å². The molecular weight excluding hydrogens is 553 g/mol. The lowest BCUT2D eigenvalue weighted by atomic mass is 10.0. The molecule has 6 rings (SSSR count). The number of rotatable bonds is 10. The molecule has 0 aliphatic carbocycles. The molecule has 4 aromatic rings. The number of hydrogen-bond acceptors (Lipinski definition) is 7. The number of piperidine rings is 1. The highest BCUT2D eigenvalue weighted by Gasteiger charge is 2.41. The Morgan fingerprint density at radius 3 is 2.19 bits per heavy atom. The second-order valence-corrected chi connectivity index (χ2v) is 11.7. The quantitative estimate of drug-likeness (QED) is 0.225. The maximum atomic E-state index is 13.6. The summed E-state index contributed by atoms with van der Waals surface area (Å²) in [5.74, 6) is -0.0157. The van der Waals surface area contributed by atoms with E-state index in [0.717, 1.165) is 27.4 Å². The summed E-state index contributed by atoms with van der Waals surface area (Å²) in [6.45, 7) is 4.76. The van der Waals surface area contributed by atoms with Crippen LogP contribution in [0, 0.1) is 5.82 Å². The van der Waals surface area contributed by atoms with Gasteiger partial charge in [-0.3, -0.25) is 9.69 Å². The molecule has 1 spiro atoms. The van der Waals surface area contributed by atoms with E-state index in [0.29, 0.717) is 71.1 Å². The van der Waals surface area contributed by atoms with Gasteiger partial charge in [0.2, 0.25) is 0 Å². The average Bonchev–Trinajstić information content (AvgIpc) is 3.68. The minimum absolute atomic E-state index is 0.0541. The molecule has 1 aromatic heterocycles. The van der Waals surface area contributed by atoms with E-state index in [-0.39, 0.29) is 11.7 Å². The molecule has 2 fully saturated rings. The van der Waals surface area contributed by atoms with Gasteiger partial charge in [0.25, 0.3) is 5.91 Å². The Kier molecular flexibility index (Phi) is 8.90. The summed E-state index contributed by atoms with van der Waals surface area (Å²) in [5, 5.41) is 2.71. The number of thiazole rings is 1. The van der Waals surface area contributed by atoms with Crippen LogP contribution in [-0.2, 0) is 35.7 Å². The second kappa shape index (κ2) is 13.1. The fourth-order valence-electron chi connectivity index (χ4n) is 5.38. The Morgan fingerprint density at radius 1 is 0.881 bits per heavy atom. The fourth-order valence-corrected chi connectivity index (χ4v) is 6.19. The molecule has 2 aliphatic heterocycles. The van der Waals surface area contributed by atoms with E-state index in [1.54, 1.807) is 12.1 Å². The lowest BCUT2D eigenvalue weighted by molar-refractivity contribution is -0.181. The largest absolute Gasteiger partial charge is 0.489 e. The summed E-state index contributed by atoms with van der Waals surface area (Å²) in [7, 11) is 0. The maximum Gasteiger partial charge on any atom is 0.273 e. The van der Waals surface area contributed by atoms with Crippen molar-refractivity contribution in [2.75, 3.05) is 26.3 Å². The second-order valence-electron chi connectivity index (χ2n) is 10.7. The first-order valence-electron chi connectivity index (χ1n) is 14.3. The molecule has 0 bridgehead atoms. The van der Waals surface area contributed by atoms with Gasteiger partial charge >= 0.3 is 0 Å². The normalized spacial score (nSPS) is 16.3. The summed E-state index contributed by atoms with van der Waals surface area (Å²) in [6, 6.07) is 24.8. The highest BCUT2D eigenvalue weighted by atomic mass is 32.1. The first-order chi connectivity index (χ1) is 20.5. The van der Waals surface area contributed by atoms with Crippen molar-refractivity contribution in [1.29, 1.82) is 0 Å². The number of carbonyl (C=O) groups is 1. The predicted octanol–water partition coefficient (Wildman–Crippen LogP) is 6.04. The van der Waals surface area contributed by atoms with Crippen LogP contribution in [-0.4, -0.2) is 52.8 Å². The molecule has 1 amide bonds. The van der Waals surface area contributed by atoms with Crippen LogP contribution in [0.2, 0.25) is 0 Å². The van der Waals surface area contributed by atoms with E-state index in [9.17, 15) is 9.18 Å². The van der Waals surface area contributed by atoms with Crippen LogP contribution in [0.25, 0.3) is 0 Å². The third-order valence-electron chi connectivity index (χ3n) is 7.65. The van der Waals surface area contributed by atoms with Gasteiger partial charge < -0.3 is 19.1 Å². The van der Waals surface area contributed by atoms with Crippen molar-refractivity contribution in [2.24, 2.45) is 0 Å². The molecule has 9 heteroatoms. The first-order valence-corrected chi connectivity index (χ1v) is 15.2. The predicted molar refractivity (Wildman–Crippen MR) is 158 cm³/mol. The van der Waals surface area contributed by atoms with E-state index in [1.165, 1.54) is 23.5 Å². The van der Waals surface area contributed by atoms with Crippen LogP contribution in [0.15, 0.2) is 84.2 Å². The summed E-state index contributed by atoms with van der Waals surface area (Å²) in [6.07, 6.45) is 1.36. The molecule has 0 N–H and O–H groups in total. The average molecular weight is 588 g/mol. The molecule has 3 aromatic carbocycles. The number of amides is 1. The molecule has 42 heavy (non-hydrogen) atoms. The van der Waals surface area contributed by atoms with Crippen molar-refractivity contribution in [3.05, 3.63) is 117 Å². The lowest BCUT2D eigenvalue weighted by Crippen LogP contribution is -2.47. The number of aromatic nitrogens is 1. The van der Waals surface area contributed by atoms with Gasteiger partial charge in [0.1, 0.15) is 28.9 Å². The van der Waals surface area contributed by atoms with Crippen LogP contribution >= 0.6 is 11.3 Å². The minimum Gasteiger partial charge on any atom is -0.489 e. The van der Waals surface area contributed by atoms with Crippen molar-refractivity contribution in [3.63, 3.8) is 0 Å². The van der Waals surface area contributed by atoms with Gasteiger partial charge in [0.15, 0.2) is 5.79 Å². The monoisotopic (exact) mass is 587 g/mol. The molecule has 0 unspecified atom stereocenters. The molecule has 2 saturated heterocycles. The number of nitrogens with zero attached hydrogens (tertiary/aromatic N) is 3. The van der Waals surface area contributed by atoms with E-state index in [1.807, 2.05) is 52.7 Å². The molecule has 0 saturated carbocycles. The fraction of sp³-hybridized carbons (Fsp3) is 0.333.